The van der Waals surface area contributed by atoms with Gasteiger partial charge in [0.2, 0.25) is 0 Å². The molecule has 0 unspecified atom stereocenters. The number of methoxy groups -OCH3 is 2. The van der Waals surface area contributed by atoms with Gasteiger partial charge in [0.1, 0.15) is 11.6 Å². The number of hydrogen-bond donors (Lipinski definition) is 0. The molecule has 5 heteroatoms. The number of esters is 1. The Hall–Kier alpha value is -1.73. The van der Waals surface area contributed by atoms with Crippen molar-refractivity contribution in [2.75, 3.05) is 14.2 Å². The van der Waals surface area contributed by atoms with Crippen molar-refractivity contribution >= 4 is 17.6 Å². The van der Waals surface area contributed by atoms with Crippen LogP contribution in [-0.2, 0) is 4.74 Å². The van der Waals surface area contributed by atoms with Gasteiger partial charge in [0, 0.05) is 5.02 Å². The highest BCUT2D eigenvalue weighted by atomic mass is 35.5. The maximum Gasteiger partial charge on any atom is 0.341 e. The van der Waals surface area contributed by atoms with Crippen molar-refractivity contribution in [2.24, 2.45) is 0 Å². The van der Waals surface area contributed by atoms with Gasteiger partial charge in [-0.15, -0.1) is 0 Å². The van der Waals surface area contributed by atoms with Crippen LogP contribution in [0.3, 0.4) is 0 Å². The maximum absolute atomic E-state index is 11.3. The summed E-state index contributed by atoms with van der Waals surface area (Å²) in [5.41, 5.74) is 0.342. The summed E-state index contributed by atoms with van der Waals surface area (Å²) >= 11 is 5.74. The van der Waals surface area contributed by atoms with E-state index in [1.807, 2.05) is 6.07 Å². The Morgan fingerprint density at radius 3 is 2.60 bits per heavy atom. The maximum atomic E-state index is 11.3. The highest BCUT2D eigenvalue weighted by Gasteiger charge is 2.17. The average Bonchev–Trinajstić information content (AvgIpc) is 2.26. The lowest BCUT2D eigenvalue weighted by molar-refractivity contribution is 0.0597. The van der Waals surface area contributed by atoms with Gasteiger partial charge in [-0.3, -0.25) is 0 Å². The Labute approximate surface area is 92.0 Å². The highest BCUT2D eigenvalue weighted by Crippen LogP contribution is 2.28. The van der Waals surface area contributed by atoms with Gasteiger partial charge in [0.05, 0.1) is 19.8 Å². The minimum atomic E-state index is -0.592. The fourth-order valence-corrected chi connectivity index (χ4v) is 1.38. The first-order valence-electron chi connectivity index (χ1n) is 4.00. The number of halogens is 1. The molecule has 0 aliphatic carbocycles. The molecule has 0 saturated carbocycles. The van der Waals surface area contributed by atoms with Crippen LogP contribution in [0.2, 0.25) is 5.02 Å². The number of ether oxygens (including phenoxy) is 2. The van der Waals surface area contributed by atoms with E-state index >= 15 is 0 Å². The van der Waals surface area contributed by atoms with E-state index in [4.69, 9.17) is 21.6 Å². The molecule has 15 heavy (non-hydrogen) atoms. The third-order valence-electron chi connectivity index (χ3n) is 1.78. The fourth-order valence-electron chi connectivity index (χ4n) is 1.16. The molecule has 0 saturated heterocycles. The summed E-state index contributed by atoms with van der Waals surface area (Å²) < 4.78 is 9.51. The number of carbonyl (C=O) groups excluding carboxylic acids is 1. The summed E-state index contributed by atoms with van der Waals surface area (Å²) in [5.74, 6) is -0.417. The minimum absolute atomic E-state index is 0.143. The lowest BCUT2D eigenvalue weighted by Crippen LogP contribution is -2.05. The van der Waals surface area contributed by atoms with Crippen molar-refractivity contribution in [3.05, 3.63) is 28.3 Å². The van der Waals surface area contributed by atoms with Crippen LogP contribution in [-0.4, -0.2) is 20.2 Å². The first kappa shape index (κ1) is 11.3. The first-order chi connectivity index (χ1) is 7.13. The molecule has 1 aromatic carbocycles. The molecule has 0 N–H and O–H groups in total. The molecule has 1 aromatic rings. The van der Waals surface area contributed by atoms with E-state index in [0.717, 1.165) is 0 Å². The molecule has 0 aromatic heterocycles. The first-order valence-corrected chi connectivity index (χ1v) is 4.37. The lowest BCUT2D eigenvalue weighted by atomic mass is 10.1. The van der Waals surface area contributed by atoms with E-state index in [9.17, 15) is 4.79 Å². The molecular formula is C10H8ClNO3. The summed E-state index contributed by atoms with van der Waals surface area (Å²) in [6.45, 7) is 0. The third-order valence-corrected chi connectivity index (χ3v) is 2.00. The number of nitriles is 1. The molecule has 0 spiro atoms. The van der Waals surface area contributed by atoms with Crippen molar-refractivity contribution in [3.63, 3.8) is 0 Å². The minimum Gasteiger partial charge on any atom is -0.494 e. The molecule has 0 amide bonds. The van der Waals surface area contributed by atoms with Gasteiger partial charge in [-0.25, -0.2) is 4.79 Å². The van der Waals surface area contributed by atoms with Crippen molar-refractivity contribution in [1.82, 2.24) is 0 Å². The predicted molar refractivity (Wildman–Crippen MR) is 54.1 cm³/mol. The number of carbonyl (C=O) groups is 1. The molecule has 78 valence electrons. The van der Waals surface area contributed by atoms with Crippen LogP contribution in [0.25, 0.3) is 0 Å². The summed E-state index contributed by atoms with van der Waals surface area (Å²) in [6.07, 6.45) is 0. The average molecular weight is 226 g/mol. The van der Waals surface area contributed by atoms with Crippen molar-refractivity contribution in [1.29, 1.82) is 5.26 Å². The third kappa shape index (κ3) is 2.20. The van der Waals surface area contributed by atoms with Gasteiger partial charge in [-0.1, -0.05) is 11.6 Å². The zero-order chi connectivity index (χ0) is 11.4. The normalized spacial score (nSPS) is 9.20. The van der Waals surface area contributed by atoms with E-state index in [-0.39, 0.29) is 21.9 Å². The predicted octanol–water partition coefficient (Wildman–Crippen LogP) is 2.01. The molecule has 0 aliphatic rings. The van der Waals surface area contributed by atoms with Gasteiger partial charge in [0.25, 0.3) is 0 Å². The molecule has 0 aliphatic heterocycles. The van der Waals surface area contributed by atoms with Gasteiger partial charge < -0.3 is 9.47 Å². The van der Waals surface area contributed by atoms with E-state index in [1.165, 1.54) is 26.4 Å². The fraction of sp³-hybridized carbons (Fsp3) is 0.200. The van der Waals surface area contributed by atoms with E-state index in [2.05, 4.69) is 4.74 Å². The second-order valence-corrected chi connectivity index (χ2v) is 3.07. The molecular weight excluding hydrogens is 218 g/mol. The Morgan fingerprint density at radius 2 is 2.13 bits per heavy atom. The number of rotatable bonds is 2. The van der Waals surface area contributed by atoms with Crippen LogP contribution in [0, 0.1) is 11.3 Å². The summed E-state index contributed by atoms with van der Waals surface area (Å²) in [5, 5.41) is 9.10. The van der Waals surface area contributed by atoms with E-state index in [0.29, 0.717) is 0 Å². The largest absolute Gasteiger partial charge is 0.494 e. The molecule has 0 bridgehead atoms. The second kappa shape index (κ2) is 4.67. The molecule has 0 radical (unpaired) electrons. The van der Waals surface area contributed by atoms with E-state index in [1.54, 1.807) is 0 Å². The monoisotopic (exact) mass is 225 g/mol. The molecule has 0 fully saturated rings. The number of hydrogen-bond acceptors (Lipinski definition) is 4. The smallest absolute Gasteiger partial charge is 0.341 e. The van der Waals surface area contributed by atoms with Crippen molar-refractivity contribution in [2.45, 2.75) is 0 Å². The summed E-state index contributed by atoms with van der Waals surface area (Å²) in [6, 6.07) is 4.71. The summed E-state index contributed by atoms with van der Waals surface area (Å²) in [7, 11) is 2.62. The summed E-state index contributed by atoms with van der Waals surface area (Å²) in [4.78, 5) is 11.3. The SMILES string of the molecule is COC(=O)c1cc(Cl)cc(C#N)c1OC. The van der Waals surface area contributed by atoms with Gasteiger partial charge in [-0.2, -0.15) is 5.26 Å². The van der Waals surface area contributed by atoms with Crippen molar-refractivity contribution < 1.29 is 14.3 Å². The topological polar surface area (TPSA) is 59.3 Å². The van der Waals surface area contributed by atoms with E-state index < -0.39 is 5.97 Å². The van der Waals surface area contributed by atoms with Gasteiger partial charge in [0.15, 0.2) is 5.75 Å². The highest BCUT2D eigenvalue weighted by molar-refractivity contribution is 6.31. The Balaban J connectivity index is 3.43. The molecule has 4 nitrogen and oxygen atoms in total. The number of benzene rings is 1. The van der Waals surface area contributed by atoms with Crippen LogP contribution in [0.1, 0.15) is 15.9 Å². The molecule has 0 heterocycles. The van der Waals surface area contributed by atoms with Crippen LogP contribution < -0.4 is 4.74 Å². The van der Waals surface area contributed by atoms with Crippen molar-refractivity contribution in [3.8, 4) is 11.8 Å². The second-order valence-electron chi connectivity index (χ2n) is 2.64. The van der Waals surface area contributed by atoms with Crippen LogP contribution in [0.15, 0.2) is 12.1 Å². The Morgan fingerprint density at radius 1 is 1.47 bits per heavy atom. The lowest BCUT2D eigenvalue weighted by Gasteiger charge is -2.08. The van der Waals surface area contributed by atoms with Crippen LogP contribution in [0.4, 0.5) is 0 Å². The molecule has 0 atom stereocenters. The van der Waals surface area contributed by atoms with Crippen LogP contribution in [0.5, 0.6) is 5.75 Å². The standard InChI is InChI=1S/C10H8ClNO3/c1-14-9-6(5-12)3-7(11)4-8(9)10(13)15-2/h3-4H,1-2H3. The Kier molecular flexibility index (Phi) is 3.53. The quantitative estimate of drug-likeness (QED) is 0.723. The zero-order valence-electron chi connectivity index (χ0n) is 8.20. The van der Waals surface area contributed by atoms with Crippen LogP contribution >= 0.6 is 11.6 Å². The number of nitrogens with zero attached hydrogens (tertiary/aromatic N) is 1. The zero-order valence-corrected chi connectivity index (χ0v) is 8.96. The Bertz CT molecular complexity index is 437. The molecule has 1 rings (SSSR count). The van der Waals surface area contributed by atoms with Gasteiger partial charge >= 0.3 is 5.97 Å². The van der Waals surface area contributed by atoms with Gasteiger partial charge in [-0.05, 0) is 12.1 Å².